The first kappa shape index (κ1) is 13.8. The average molecular weight is 254 g/mol. The van der Waals surface area contributed by atoms with Gasteiger partial charge in [-0.05, 0) is 31.7 Å². The Hall–Kier alpha value is -0.610. The molecule has 0 aromatic carbocycles. The number of carbonyl (C=O) groups excluding carboxylic acids is 1. The van der Waals surface area contributed by atoms with Crippen LogP contribution < -0.4 is 10.6 Å². The van der Waals surface area contributed by atoms with Gasteiger partial charge in [-0.1, -0.05) is 26.2 Å². The molecule has 0 bridgehead atoms. The lowest BCUT2D eigenvalue weighted by molar-refractivity contribution is -0.153. The molecule has 2 atom stereocenters. The van der Waals surface area contributed by atoms with E-state index in [-0.39, 0.29) is 11.9 Å². The number of hydrogen-bond donors (Lipinski definition) is 2. The lowest BCUT2D eigenvalue weighted by Gasteiger charge is -2.44. The predicted molar refractivity (Wildman–Crippen MR) is 71.4 cm³/mol. The third kappa shape index (κ3) is 2.69. The normalized spacial score (nSPS) is 34.2. The third-order valence-corrected chi connectivity index (χ3v) is 4.60. The van der Waals surface area contributed by atoms with Crippen LogP contribution >= 0.6 is 0 Å². The monoisotopic (exact) mass is 254 g/mol. The van der Waals surface area contributed by atoms with Crippen molar-refractivity contribution in [3.05, 3.63) is 0 Å². The second-order valence-electron chi connectivity index (χ2n) is 5.80. The van der Waals surface area contributed by atoms with Crippen molar-refractivity contribution in [2.24, 2.45) is 5.92 Å². The number of rotatable bonds is 3. The summed E-state index contributed by atoms with van der Waals surface area (Å²) in [6.45, 7) is 3.91. The molecular weight excluding hydrogens is 228 g/mol. The van der Waals surface area contributed by atoms with E-state index in [4.69, 9.17) is 4.74 Å². The molecule has 104 valence electrons. The summed E-state index contributed by atoms with van der Waals surface area (Å²) < 4.78 is 5.08. The van der Waals surface area contributed by atoms with Gasteiger partial charge in [0.1, 0.15) is 5.54 Å². The molecular formula is C14H26N2O2. The van der Waals surface area contributed by atoms with Crippen molar-refractivity contribution in [1.29, 1.82) is 0 Å². The van der Waals surface area contributed by atoms with E-state index in [0.29, 0.717) is 6.04 Å². The summed E-state index contributed by atoms with van der Waals surface area (Å²) in [4.78, 5) is 12.3. The standard InChI is InChI=1S/C14H26N2O2/c1-11-10-15-9-8-14(11,13(17)18-2)16-12-6-4-3-5-7-12/h11-12,15-16H,3-10H2,1-2H3. The second-order valence-corrected chi connectivity index (χ2v) is 5.80. The van der Waals surface area contributed by atoms with Crippen LogP contribution in [0, 0.1) is 5.92 Å². The lowest BCUT2D eigenvalue weighted by atomic mass is 9.77. The van der Waals surface area contributed by atoms with Gasteiger partial charge in [0, 0.05) is 12.6 Å². The van der Waals surface area contributed by atoms with Gasteiger partial charge in [0.15, 0.2) is 0 Å². The quantitative estimate of drug-likeness (QED) is 0.749. The van der Waals surface area contributed by atoms with Gasteiger partial charge in [-0.3, -0.25) is 10.1 Å². The first-order chi connectivity index (χ1) is 8.69. The molecule has 4 heteroatoms. The summed E-state index contributed by atoms with van der Waals surface area (Å²) in [5.74, 6) is 0.197. The Morgan fingerprint density at radius 3 is 2.67 bits per heavy atom. The van der Waals surface area contributed by atoms with Crippen LogP contribution in [0.5, 0.6) is 0 Å². The highest BCUT2D eigenvalue weighted by atomic mass is 16.5. The first-order valence-electron chi connectivity index (χ1n) is 7.26. The number of nitrogens with one attached hydrogen (secondary N) is 2. The van der Waals surface area contributed by atoms with Crippen LogP contribution in [0.3, 0.4) is 0 Å². The molecule has 2 N–H and O–H groups in total. The topological polar surface area (TPSA) is 50.4 Å². The van der Waals surface area contributed by atoms with Crippen molar-refractivity contribution >= 4 is 5.97 Å². The maximum absolute atomic E-state index is 12.3. The number of carbonyl (C=O) groups is 1. The molecule has 0 aromatic rings. The predicted octanol–water partition coefficient (Wildman–Crippen LogP) is 1.45. The summed E-state index contributed by atoms with van der Waals surface area (Å²) in [5.41, 5.74) is -0.470. The molecule has 2 rings (SSSR count). The highest BCUT2D eigenvalue weighted by molar-refractivity contribution is 5.81. The smallest absolute Gasteiger partial charge is 0.326 e. The van der Waals surface area contributed by atoms with Crippen molar-refractivity contribution in [3.63, 3.8) is 0 Å². The number of hydrogen-bond acceptors (Lipinski definition) is 4. The SMILES string of the molecule is COC(=O)C1(NC2CCCCC2)CCNCC1C. The average Bonchev–Trinajstić information content (AvgIpc) is 2.41. The first-order valence-corrected chi connectivity index (χ1v) is 7.26. The van der Waals surface area contributed by atoms with Crippen LogP contribution in [-0.2, 0) is 9.53 Å². The number of esters is 1. The van der Waals surface area contributed by atoms with Crippen molar-refractivity contribution in [2.75, 3.05) is 20.2 Å². The minimum Gasteiger partial charge on any atom is -0.468 e. The molecule has 1 saturated heterocycles. The Balaban J connectivity index is 2.10. The maximum atomic E-state index is 12.3. The van der Waals surface area contributed by atoms with Crippen LogP contribution in [0.4, 0.5) is 0 Å². The summed E-state index contributed by atoms with van der Waals surface area (Å²) in [6, 6.07) is 0.485. The van der Waals surface area contributed by atoms with E-state index >= 15 is 0 Å². The van der Waals surface area contributed by atoms with E-state index in [0.717, 1.165) is 19.5 Å². The lowest BCUT2D eigenvalue weighted by Crippen LogP contribution is -2.65. The van der Waals surface area contributed by atoms with E-state index in [1.54, 1.807) is 0 Å². The number of ether oxygens (including phenoxy) is 1. The zero-order valence-electron chi connectivity index (χ0n) is 11.6. The molecule has 1 heterocycles. The van der Waals surface area contributed by atoms with E-state index < -0.39 is 5.54 Å². The Kier molecular flexibility index (Phi) is 4.62. The fourth-order valence-corrected chi connectivity index (χ4v) is 3.39. The second kappa shape index (κ2) is 6.02. The van der Waals surface area contributed by atoms with E-state index in [1.807, 2.05) is 0 Å². The third-order valence-electron chi connectivity index (χ3n) is 4.60. The molecule has 2 aliphatic rings. The molecule has 0 radical (unpaired) electrons. The minimum absolute atomic E-state index is 0.0814. The zero-order valence-corrected chi connectivity index (χ0v) is 11.6. The minimum atomic E-state index is -0.470. The Morgan fingerprint density at radius 1 is 1.33 bits per heavy atom. The van der Waals surface area contributed by atoms with Crippen molar-refractivity contribution in [2.45, 2.75) is 57.0 Å². The fourth-order valence-electron chi connectivity index (χ4n) is 3.39. The van der Waals surface area contributed by atoms with Gasteiger partial charge in [-0.15, -0.1) is 0 Å². The molecule has 1 aliphatic heterocycles. The zero-order chi connectivity index (χ0) is 13.0. The van der Waals surface area contributed by atoms with Gasteiger partial charge in [0.25, 0.3) is 0 Å². The van der Waals surface area contributed by atoms with Crippen LogP contribution in [0.25, 0.3) is 0 Å². The van der Waals surface area contributed by atoms with Gasteiger partial charge >= 0.3 is 5.97 Å². The highest BCUT2D eigenvalue weighted by Gasteiger charge is 2.47. The van der Waals surface area contributed by atoms with E-state index in [2.05, 4.69) is 17.6 Å². The maximum Gasteiger partial charge on any atom is 0.326 e. The molecule has 2 unspecified atom stereocenters. The van der Waals surface area contributed by atoms with E-state index in [9.17, 15) is 4.79 Å². The Morgan fingerprint density at radius 2 is 2.06 bits per heavy atom. The summed E-state index contributed by atoms with van der Waals surface area (Å²) in [7, 11) is 1.50. The van der Waals surface area contributed by atoms with E-state index in [1.165, 1.54) is 39.2 Å². The number of piperidine rings is 1. The summed E-state index contributed by atoms with van der Waals surface area (Å²) in [6.07, 6.45) is 7.11. The van der Waals surface area contributed by atoms with Crippen molar-refractivity contribution < 1.29 is 9.53 Å². The number of methoxy groups -OCH3 is 1. The highest BCUT2D eigenvalue weighted by Crippen LogP contribution is 2.29. The molecule has 1 aliphatic carbocycles. The largest absolute Gasteiger partial charge is 0.468 e. The molecule has 0 amide bonds. The van der Waals surface area contributed by atoms with Crippen LogP contribution in [0.1, 0.15) is 45.4 Å². The summed E-state index contributed by atoms with van der Waals surface area (Å²) >= 11 is 0. The van der Waals surface area contributed by atoms with Gasteiger partial charge in [-0.2, -0.15) is 0 Å². The van der Waals surface area contributed by atoms with Gasteiger partial charge in [0.05, 0.1) is 7.11 Å². The molecule has 1 saturated carbocycles. The van der Waals surface area contributed by atoms with Crippen molar-refractivity contribution in [3.8, 4) is 0 Å². The Labute approximate surface area is 110 Å². The van der Waals surface area contributed by atoms with Crippen LogP contribution in [0.2, 0.25) is 0 Å². The molecule has 18 heavy (non-hydrogen) atoms. The summed E-state index contributed by atoms with van der Waals surface area (Å²) in [5, 5.41) is 7.01. The van der Waals surface area contributed by atoms with Crippen LogP contribution in [-0.4, -0.2) is 37.7 Å². The molecule has 2 fully saturated rings. The van der Waals surface area contributed by atoms with Gasteiger partial charge in [0.2, 0.25) is 0 Å². The van der Waals surface area contributed by atoms with Gasteiger partial charge < -0.3 is 10.1 Å². The van der Waals surface area contributed by atoms with Crippen LogP contribution in [0.15, 0.2) is 0 Å². The molecule has 0 aromatic heterocycles. The Bertz CT molecular complexity index is 290. The molecule has 4 nitrogen and oxygen atoms in total. The van der Waals surface area contributed by atoms with Crippen molar-refractivity contribution in [1.82, 2.24) is 10.6 Å². The molecule has 0 spiro atoms. The van der Waals surface area contributed by atoms with Gasteiger partial charge in [-0.25, -0.2) is 0 Å². The fraction of sp³-hybridized carbons (Fsp3) is 0.929.